The van der Waals surface area contributed by atoms with Crippen molar-refractivity contribution >= 4 is 40.2 Å². The number of ketones is 1. The predicted molar refractivity (Wildman–Crippen MR) is 113 cm³/mol. The summed E-state index contributed by atoms with van der Waals surface area (Å²) >= 11 is 1.37. The molecular formula is C22H16N2O5S. The summed E-state index contributed by atoms with van der Waals surface area (Å²) in [6.07, 6.45) is 0. The molecule has 0 radical (unpaired) electrons. The minimum absolute atomic E-state index is 0.0446. The topological polar surface area (TPSA) is 101 Å². The van der Waals surface area contributed by atoms with E-state index in [-0.39, 0.29) is 22.6 Å². The smallest absolute Gasteiger partial charge is 0.300 e. The van der Waals surface area contributed by atoms with Crippen molar-refractivity contribution in [2.24, 2.45) is 0 Å². The Morgan fingerprint density at radius 1 is 1.07 bits per heavy atom. The van der Waals surface area contributed by atoms with E-state index >= 15 is 0 Å². The second-order valence-electron chi connectivity index (χ2n) is 6.82. The number of nitrogens with zero attached hydrogens (tertiary/aromatic N) is 2. The molecule has 1 saturated heterocycles. The summed E-state index contributed by atoms with van der Waals surface area (Å²) in [6, 6.07) is 15.2. The molecule has 2 heterocycles. The van der Waals surface area contributed by atoms with Crippen LogP contribution in [0.3, 0.4) is 0 Å². The minimum atomic E-state index is -0.801. The Morgan fingerprint density at radius 2 is 1.73 bits per heavy atom. The Balaban J connectivity index is 1.88. The third kappa shape index (κ3) is 3.27. The first-order valence-corrected chi connectivity index (χ1v) is 9.92. The highest BCUT2D eigenvalue weighted by molar-refractivity contribution is 7.10. The average molecular weight is 420 g/mol. The normalized spacial score (nSPS) is 18.0. The van der Waals surface area contributed by atoms with Crippen LogP contribution < -0.4 is 4.90 Å². The van der Waals surface area contributed by atoms with E-state index in [1.165, 1.54) is 40.5 Å². The van der Waals surface area contributed by atoms with Gasteiger partial charge in [-0.25, -0.2) is 0 Å². The van der Waals surface area contributed by atoms with E-state index in [4.69, 9.17) is 0 Å². The van der Waals surface area contributed by atoms with Crippen molar-refractivity contribution in [3.8, 4) is 0 Å². The van der Waals surface area contributed by atoms with Crippen molar-refractivity contribution in [2.75, 3.05) is 4.90 Å². The third-order valence-corrected chi connectivity index (χ3v) is 5.85. The van der Waals surface area contributed by atoms with Crippen molar-refractivity contribution in [1.82, 2.24) is 0 Å². The van der Waals surface area contributed by atoms with Gasteiger partial charge in [-0.2, -0.15) is 0 Å². The Bertz CT molecular complexity index is 1170. The predicted octanol–water partition coefficient (Wildman–Crippen LogP) is 4.59. The Labute approximate surface area is 175 Å². The van der Waals surface area contributed by atoms with Gasteiger partial charge in [0.15, 0.2) is 0 Å². The number of hydrogen-bond donors (Lipinski definition) is 1. The van der Waals surface area contributed by atoms with Crippen LogP contribution in [0.4, 0.5) is 11.4 Å². The zero-order chi connectivity index (χ0) is 21.4. The van der Waals surface area contributed by atoms with Gasteiger partial charge in [0.05, 0.1) is 10.5 Å². The molecule has 0 spiro atoms. The number of nitro benzene ring substituents is 1. The summed E-state index contributed by atoms with van der Waals surface area (Å²) in [4.78, 5) is 38.3. The maximum Gasteiger partial charge on any atom is 0.300 e. The summed E-state index contributed by atoms with van der Waals surface area (Å²) in [5.74, 6) is -1.90. The number of anilines is 1. The van der Waals surface area contributed by atoms with Gasteiger partial charge in [-0.3, -0.25) is 24.6 Å². The average Bonchev–Trinajstić information content (AvgIpc) is 3.36. The first-order chi connectivity index (χ1) is 14.4. The van der Waals surface area contributed by atoms with Gasteiger partial charge in [0.2, 0.25) is 0 Å². The van der Waals surface area contributed by atoms with Gasteiger partial charge in [0.1, 0.15) is 11.8 Å². The second-order valence-corrected chi connectivity index (χ2v) is 7.80. The lowest BCUT2D eigenvalue weighted by Crippen LogP contribution is -2.29. The molecule has 1 aliphatic rings. The molecule has 1 atom stereocenters. The lowest BCUT2D eigenvalue weighted by atomic mass is 9.99. The Kier molecular flexibility index (Phi) is 4.93. The molecule has 7 nitrogen and oxygen atoms in total. The molecule has 30 heavy (non-hydrogen) atoms. The van der Waals surface area contributed by atoms with E-state index in [0.717, 1.165) is 10.4 Å². The number of aryl methyl sites for hydroxylation is 1. The number of benzene rings is 2. The van der Waals surface area contributed by atoms with Gasteiger partial charge in [0, 0.05) is 28.3 Å². The fraction of sp³-hybridized carbons (Fsp3) is 0.0909. The van der Waals surface area contributed by atoms with Crippen molar-refractivity contribution in [1.29, 1.82) is 0 Å². The fourth-order valence-corrected chi connectivity index (χ4v) is 4.24. The second kappa shape index (κ2) is 7.57. The zero-order valence-electron chi connectivity index (χ0n) is 15.8. The molecule has 150 valence electrons. The molecular weight excluding hydrogens is 404 g/mol. The maximum absolute atomic E-state index is 12.9. The molecule has 1 amide bonds. The lowest BCUT2D eigenvalue weighted by Gasteiger charge is -2.24. The lowest BCUT2D eigenvalue weighted by molar-refractivity contribution is -0.384. The highest BCUT2D eigenvalue weighted by atomic mass is 32.1. The SMILES string of the molecule is Cc1ccc(N2C(=O)C(=O)/C(=C(\O)c3ccc([N+](=O)[O-])cc3)C2c2cccs2)cc1. The van der Waals surface area contributed by atoms with Crippen LogP contribution in [0.1, 0.15) is 22.0 Å². The van der Waals surface area contributed by atoms with E-state index in [1.54, 1.807) is 24.3 Å². The molecule has 1 N–H and O–H groups in total. The van der Waals surface area contributed by atoms with Crippen LogP contribution in [-0.4, -0.2) is 21.7 Å². The molecule has 1 unspecified atom stereocenters. The van der Waals surface area contributed by atoms with E-state index in [2.05, 4.69) is 0 Å². The molecule has 8 heteroatoms. The molecule has 0 aliphatic carbocycles. The summed E-state index contributed by atoms with van der Waals surface area (Å²) in [5.41, 5.74) is 1.60. The Hall–Kier alpha value is -3.78. The molecule has 1 aromatic heterocycles. The number of aliphatic hydroxyl groups excluding tert-OH is 1. The van der Waals surface area contributed by atoms with E-state index in [0.29, 0.717) is 5.69 Å². The van der Waals surface area contributed by atoms with E-state index in [1.807, 2.05) is 24.4 Å². The molecule has 2 aromatic carbocycles. The van der Waals surface area contributed by atoms with Crippen LogP contribution in [0, 0.1) is 17.0 Å². The molecule has 3 aromatic rings. The van der Waals surface area contributed by atoms with Gasteiger partial charge in [-0.05, 0) is 42.6 Å². The highest BCUT2D eigenvalue weighted by Crippen LogP contribution is 2.43. The van der Waals surface area contributed by atoms with Crippen LogP contribution in [0.5, 0.6) is 0 Å². The van der Waals surface area contributed by atoms with Crippen molar-refractivity contribution in [3.63, 3.8) is 0 Å². The molecule has 0 bridgehead atoms. The molecule has 0 saturated carbocycles. The van der Waals surface area contributed by atoms with Gasteiger partial charge in [-0.1, -0.05) is 23.8 Å². The number of hydrogen-bond acceptors (Lipinski definition) is 6. The van der Waals surface area contributed by atoms with Crippen LogP contribution >= 0.6 is 11.3 Å². The van der Waals surface area contributed by atoms with Crippen molar-refractivity contribution in [2.45, 2.75) is 13.0 Å². The van der Waals surface area contributed by atoms with E-state index < -0.39 is 22.7 Å². The number of aliphatic hydroxyl groups is 1. The third-order valence-electron chi connectivity index (χ3n) is 4.92. The standard InChI is InChI=1S/C22H16N2O5S/c1-13-4-8-15(9-5-13)23-19(17-3-2-12-30-17)18(21(26)22(23)27)20(25)14-6-10-16(11-7-14)24(28)29/h2-12,19,25H,1H3/b20-18-. The number of carbonyl (C=O) groups excluding carboxylic acids is 2. The van der Waals surface area contributed by atoms with Crippen LogP contribution in [-0.2, 0) is 9.59 Å². The van der Waals surface area contributed by atoms with Gasteiger partial charge in [0.25, 0.3) is 17.4 Å². The number of carbonyl (C=O) groups is 2. The number of rotatable bonds is 4. The number of Topliss-reactive ketones (excluding diaryl/α,β-unsaturated/α-hetero) is 1. The maximum atomic E-state index is 12.9. The molecule has 4 rings (SSSR count). The van der Waals surface area contributed by atoms with Crippen LogP contribution in [0.25, 0.3) is 5.76 Å². The number of amides is 1. The number of nitro groups is 1. The first kappa shape index (κ1) is 19.5. The van der Waals surface area contributed by atoms with Gasteiger partial charge in [-0.15, -0.1) is 11.3 Å². The highest BCUT2D eigenvalue weighted by Gasteiger charge is 2.47. The van der Waals surface area contributed by atoms with Crippen LogP contribution in [0.15, 0.2) is 71.6 Å². The van der Waals surface area contributed by atoms with E-state index in [9.17, 15) is 24.8 Å². The monoisotopic (exact) mass is 420 g/mol. The zero-order valence-corrected chi connectivity index (χ0v) is 16.6. The summed E-state index contributed by atoms with van der Waals surface area (Å²) in [5, 5.41) is 23.7. The van der Waals surface area contributed by atoms with Gasteiger partial charge < -0.3 is 5.11 Å². The minimum Gasteiger partial charge on any atom is -0.507 e. The summed E-state index contributed by atoms with van der Waals surface area (Å²) in [7, 11) is 0. The number of thiophene rings is 1. The summed E-state index contributed by atoms with van der Waals surface area (Å²) < 4.78 is 0. The number of non-ortho nitro benzene ring substituents is 1. The van der Waals surface area contributed by atoms with Crippen molar-refractivity contribution < 1.29 is 19.6 Å². The molecule has 1 fully saturated rings. The van der Waals surface area contributed by atoms with Crippen LogP contribution in [0.2, 0.25) is 0 Å². The quantitative estimate of drug-likeness (QED) is 0.219. The molecule has 1 aliphatic heterocycles. The fourth-order valence-electron chi connectivity index (χ4n) is 3.42. The largest absolute Gasteiger partial charge is 0.507 e. The van der Waals surface area contributed by atoms with Crippen molar-refractivity contribution in [3.05, 3.63) is 97.7 Å². The Morgan fingerprint density at radius 3 is 2.30 bits per heavy atom. The first-order valence-electron chi connectivity index (χ1n) is 9.04. The van der Waals surface area contributed by atoms with Gasteiger partial charge >= 0.3 is 0 Å². The summed E-state index contributed by atoms with van der Waals surface area (Å²) in [6.45, 7) is 1.92.